The molecule has 0 aliphatic carbocycles. The van der Waals surface area contributed by atoms with Gasteiger partial charge in [-0.05, 0) is 42.8 Å². The minimum atomic E-state index is -0.567. The van der Waals surface area contributed by atoms with E-state index in [1.54, 1.807) is 0 Å². The van der Waals surface area contributed by atoms with Crippen LogP contribution in [0.25, 0.3) is 10.2 Å². The number of hydrogen-bond donors (Lipinski definition) is 1. The highest BCUT2D eigenvalue weighted by Crippen LogP contribution is 2.29. The highest BCUT2D eigenvalue weighted by atomic mass is 32.1. The average Bonchev–Trinajstić information content (AvgIpc) is 3.23. The van der Waals surface area contributed by atoms with Crippen LogP contribution in [-0.2, 0) is 14.3 Å². The number of amides is 1. The van der Waals surface area contributed by atoms with Gasteiger partial charge in [0.05, 0.1) is 23.9 Å². The number of benzene rings is 2. The maximum absolute atomic E-state index is 12.3. The molecule has 0 fully saturated rings. The summed E-state index contributed by atoms with van der Waals surface area (Å²) in [6, 6.07) is 12.1. The Kier molecular flexibility index (Phi) is 8.54. The van der Waals surface area contributed by atoms with Crippen LogP contribution >= 0.6 is 11.3 Å². The van der Waals surface area contributed by atoms with Gasteiger partial charge in [0.2, 0.25) is 0 Å². The highest BCUT2D eigenvalue weighted by Gasteiger charge is 2.13. The number of allylic oxidation sites excluding steroid dienone is 1. The first kappa shape index (κ1) is 23.9. The lowest BCUT2D eigenvalue weighted by atomic mass is 10.1. The van der Waals surface area contributed by atoms with Gasteiger partial charge >= 0.3 is 5.97 Å². The molecular formula is C24H24N2O6S. The van der Waals surface area contributed by atoms with E-state index in [2.05, 4.69) is 10.3 Å². The van der Waals surface area contributed by atoms with Crippen molar-refractivity contribution >= 4 is 44.3 Å². The summed E-state index contributed by atoms with van der Waals surface area (Å²) >= 11 is 1.37. The highest BCUT2D eigenvalue weighted by molar-refractivity contribution is 7.22. The number of rotatable bonds is 11. The van der Waals surface area contributed by atoms with Gasteiger partial charge in [0.25, 0.3) is 5.91 Å². The zero-order chi connectivity index (χ0) is 23.6. The number of carbonyl (C=O) groups excluding carboxylic acids is 3. The Labute approximate surface area is 195 Å². The van der Waals surface area contributed by atoms with E-state index in [1.807, 2.05) is 31.2 Å². The summed E-state index contributed by atoms with van der Waals surface area (Å²) < 4.78 is 16.8. The number of ketones is 1. The van der Waals surface area contributed by atoms with Gasteiger partial charge in [0.15, 0.2) is 29.0 Å². The van der Waals surface area contributed by atoms with E-state index < -0.39 is 5.97 Å². The third-order valence-corrected chi connectivity index (χ3v) is 5.41. The monoisotopic (exact) mass is 468 g/mol. The molecule has 33 heavy (non-hydrogen) atoms. The molecule has 0 aliphatic heterocycles. The third kappa shape index (κ3) is 6.88. The summed E-state index contributed by atoms with van der Waals surface area (Å²) in [5.41, 5.74) is 1.11. The smallest absolute Gasteiger partial charge is 0.330 e. The molecule has 3 aromatic rings. The summed E-state index contributed by atoms with van der Waals surface area (Å²) in [5.74, 6) is -0.742. The Bertz CT molecular complexity index is 1140. The third-order valence-electron chi connectivity index (χ3n) is 4.46. The zero-order valence-electron chi connectivity index (χ0n) is 18.3. The fraction of sp³-hybridized carbons (Fsp3) is 0.250. The lowest BCUT2D eigenvalue weighted by molar-refractivity contribution is -0.137. The van der Waals surface area contributed by atoms with Crippen molar-refractivity contribution in [3.8, 4) is 11.5 Å². The summed E-state index contributed by atoms with van der Waals surface area (Å²) in [6.07, 6.45) is 3.93. The largest absolute Gasteiger partial charge is 0.493 e. The van der Waals surface area contributed by atoms with Crippen molar-refractivity contribution in [2.45, 2.75) is 19.8 Å². The van der Waals surface area contributed by atoms with Gasteiger partial charge < -0.3 is 14.2 Å². The van der Waals surface area contributed by atoms with Gasteiger partial charge in [-0.2, -0.15) is 0 Å². The van der Waals surface area contributed by atoms with Gasteiger partial charge in [-0.1, -0.05) is 36.8 Å². The predicted molar refractivity (Wildman–Crippen MR) is 126 cm³/mol. The number of thiazole rings is 1. The maximum Gasteiger partial charge on any atom is 0.330 e. The van der Waals surface area contributed by atoms with Gasteiger partial charge in [-0.25, -0.2) is 9.78 Å². The van der Waals surface area contributed by atoms with E-state index in [9.17, 15) is 14.4 Å². The van der Waals surface area contributed by atoms with Crippen LogP contribution in [0.1, 0.15) is 30.1 Å². The maximum atomic E-state index is 12.3. The van der Waals surface area contributed by atoms with Gasteiger partial charge in [-0.3, -0.25) is 14.9 Å². The molecule has 0 unspecified atom stereocenters. The number of para-hydroxylation sites is 1. The van der Waals surface area contributed by atoms with Crippen molar-refractivity contribution in [3.05, 3.63) is 60.2 Å². The lowest BCUT2D eigenvalue weighted by Gasteiger charge is -2.11. The molecule has 0 atom stereocenters. The number of unbranched alkanes of at least 4 members (excludes halogenated alkanes) is 1. The Morgan fingerprint density at radius 3 is 2.67 bits per heavy atom. The molecule has 8 nitrogen and oxygen atoms in total. The molecule has 1 heterocycles. The molecule has 1 aromatic heterocycles. The fourth-order valence-electron chi connectivity index (χ4n) is 2.77. The van der Waals surface area contributed by atoms with Gasteiger partial charge in [0, 0.05) is 11.6 Å². The quantitative estimate of drug-likeness (QED) is 0.192. The average molecular weight is 469 g/mol. The molecular weight excluding hydrogens is 444 g/mol. The number of aromatic nitrogens is 1. The summed E-state index contributed by atoms with van der Waals surface area (Å²) in [7, 11) is 1.43. The summed E-state index contributed by atoms with van der Waals surface area (Å²) in [6.45, 7) is 2.05. The number of carbonyl (C=O) groups is 3. The second-order valence-corrected chi connectivity index (χ2v) is 7.94. The van der Waals surface area contributed by atoms with E-state index in [0.717, 1.165) is 35.2 Å². The van der Waals surface area contributed by atoms with E-state index in [-0.39, 0.29) is 24.0 Å². The molecule has 2 aromatic carbocycles. The van der Waals surface area contributed by atoms with Crippen LogP contribution in [0.2, 0.25) is 0 Å². The number of fused-ring (bicyclic) bond motifs is 1. The first-order valence-corrected chi connectivity index (χ1v) is 11.2. The van der Waals surface area contributed by atoms with Crippen LogP contribution < -0.4 is 14.8 Å². The van der Waals surface area contributed by atoms with Gasteiger partial charge in [0.1, 0.15) is 0 Å². The summed E-state index contributed by atoms with van der Waals surface area (Å²) in [5, 5.41) is 3.19. The number of nitrogens with zero attached hydrogens (tertiary/aromatic N) is 1. The van der Waals surface area contributed by atoms with Crippen molar-refractivity contribution in [3.63, 3.8) is 0 Å². The number of hydrogen-bond acceptors (Lipinski definition) is 8. The van der Waals surface area contributed by atoms with Crippen molar-refractivity contribution in [1.82, 2.24) is 4.98 Å². The molecule has 0 saturated carbocycles. The molecule has 1 N–H and O–H groups in total. The number of nitrogens with one attached hydrogen (secondary N) is 1. The van der Waals surface area contributed by atoms with Crippen LogP contribution in [0.15, 0.2) is 54.6 Å². The predicted octanol–water partition coefficient (Wildman–Crippen LogP) is 4.40. The molecule has 0 saturated heterocycles. The Balaban J connectivity index is 1.57. The van der Waals surface area contributed by atoms with E-state index in [4.69, 9.17) is 14.2 Å². The molecule has 172 valence electrons. The van der Waals surface area contributed by atoms with Crippen LogP contribution in [0.5, 0.6) is 11.5 Å². The minimum Gasteiger partial charge on any atom is -0.493 e. The SMILES string of the molecule is CCCCOC(=O)C=CC(=O)c1ccc(OCC(=O)Nc2nc3ccccc3s2)c(OC)c1. The van der Waals surface area contributed by atoms with Gasteiger partial charge in [-0.15, -0.1) is 0 Å². The zero-order valence-corrected chi connectivity index (χ0v) is 19.1. The normalized spacial score (nSPS) is 10.8. The lowest BCUT2D eigenvalue weighted by Crippen LogP contribution is -2.20. The molecule has 0 bridgehead atoms. The van der Waals surface area contributed by atoms with E-state index in [1.165, 1.54) is 36.6 Å². The number of ether oxygens (including phenoxy) is 3. The van der Waals surface area contributed by atoms with Crippen LogP contribution in [0, 0.1) is 0 Å². The fourth-order valence-corrected chi connectivity index (χ4v) is 3.65. The second-order valence-electron chi connectivity index (χ2n) is 6.91. The molecule has 3 rings (SSSR count). The number of anilines is 1. The second kappa shape index (κ2) is 11.8. The number of esters is 1. The van der Waals surface area contributed by atoms with Crippen molar-refractivity contribution in [1.29, 1.82) is 0 Å². The Hall–Kier alpha value is -3.72. The Morgan fingerprint density at radius 1 is 1.09 bits per heavy atom. The van der Waals surface area contributed by atoms with E-state index >= 15 is 0 Å². The number of methoxy groups -OCH3 is 1. The molecule has 1 amide bonds. The van der Waals surface area contributed by atoms with Crippen LogP contribution in [0.3, 0.4) is 0 Å². The van der Waals surface area contributed by atoms with Crippen molar-refractivity contribution in [2.75, 3.05) is 25.6 Å². The van der Waals surface area contributed by atoms with Crippen molar-refractivity contribution < 1.29 is 28.6 Å². The van der Waals surface area contributed by atoms with Crippen LogP contribution in [0.4, 0.5) is 5.13 Å². The molecule has 0 spiro atoms. The molecule has 9 heteroatoms. The minimum absolute atomic E-state index is 0.261. The van der Waals surface area contributed by atoms with Crippen molar-refractivity contribution in [2.24, 2.45) is 0 Å². The first-order chi connectivity index (χ1) is 16.0. The standard InChI is InChI=1S/C24H24N2O6S/c1-3-4-13-31-23(29)12-10-18(27)16-9-11-19(20(14-16)30-2)32-15-22(28)26-24-25-17-7-5-6-8-21(17)33-24/h5-12,14H,3-4,13,15H2,1-2H3,(H,25,26,28). The first-order valence-electron chi connectivity index (χ1n) is 10.4. The molecule has 0 aliphatic rings. The summed E-state index contributed by atoms with van der Waals surface area (Å²) in [4.78, 5) is 40.6. The van der Waals surface area contributed by atoms with E-state index in [0.29, 0.717) is 23.1 Å². The topological polar surface area (TPSA) is 104 Å². The Morgan fingerprint density at radius 2 is 1.91 bits per heavy atom. The van der Waals surface area contributed by atoms with Crippen LogP contribution in [-0.4, -0.2) is 43.0 Å². The molecule has 0 radical (unpaired) electrons.